The van der Waals surface area contributed by atoms with Crippen LogP contribution in [0.2, 0.25) is 0 Å². The molecule has 1 unspecified atom stereocenters. The van der Waals surface area contributed by atoms with Crippen molar-refractivity contribution in [3.63, 3.8) is 0 Å². The number of anilines is 1. The second kappa shape index (κ2) is 5.47. The molecular formula is C12H14FN3O2S2. The lowest BCUT2D eigenvalue weighted by molar-refractivity contribution is 0.564. The van der Waals surface area contributed by atoms with Crippen LogP contribution in [0.15, 0.2) is 28.5 Å². The number of sulfonamides is 1. The van der Waals surface area contributed by atoms with Gasteiger partial charge < -0.3 is 5.73 Å². The summed E-state index contributed by atoms with van der Waals surface area (Å²) in [5.74, 6) is -0.759. The average Bonchev–Trinajstić information content (AvgIpc) is 2.79. The van der Waals surface area contributed by atoms with Crippen molar-refractivity contribution in [1.82, 2.24) is 9.71 Å². The molecule has 0 amide bonds. The number of para-hydroxylation sites is 1. The first-order valence-corrected chi connectivity index (χ1v) is 8.16. The van der Waals surface area contributed by atoms with Gasteiger partial charge >= 0.3 is 0 Å². The minimum absolute atomic E-state index is 0.266. The second-order valence-electron chi connectivity index (χ2n) is 4.32. The van der Waals surface area contributed by atoms with Crippen molar-refractivity contribution in [2.24, 2.45) is 0 Å². The molecule has 0 aliphatic heterocycles. The summed E-state index contributed by atoms with van der Waals surface area (Å²) in [6.07, 6.45) is 0. The van der Waals surface area contributed by atoms with Crippen LogP contribution in [0.4, 0.5) is 10.1 Å². The van der Waals surface area contributed by atoms with Gasteiger partial charge in [0.25, 0.3) is 0 Å². The van der Waals surface area contributed by atoms with E-state index in [2.05, 4.69) is 9.71 Å². The molecule has 0 saturated heterocycles. The van der Waals surface area contributed by atoms with Crippen molar-refractivity contribution < 1.29 is 12.8 Å². The Morgan fingerprint density at radius 1 is 1.45 bits per heavy atom. The number of nitrogen functional groups attached to an aromatic ring is 1. The molecule has 0 saturated carbocycles. The highest BCUT2D eigenvalue weighted by molar-refractivity contribution is 7.89. The molecule has 2 aromatic rings. The van der Waals surface area contributed by atoms with Gasteiger partial charge in [0.2, 0.25) is 10.0 Å². The molecule has 0 spiro atoms. The zero-order valence-corrected chi connectivity index (χ0v) is 12.6. The minimum atomic E-state index is -3.90. The maximum absolute atomic E-state index is 13.3. The maximum atomic E-state index is 13.3. The van der Waals surface area contributed by atoms with E-state index < -0.39 is 21.9 Å². The number of aryl methyl sites for hydroxylation is 1. The molecule has 0 bridgehead atoms. The predicted molar refractivity (Wildman–Crippen MR) is 76.4 cm³/mol. The van der Waals surface area contributed by atoms with Crippen LogP contribution in [0.3, 0.4) is 0 Å². The minimum Gasteiger partial charge on any atom is -0.395 e. The van der Waals surface area contributed by atoms with Crippen LogP contribution in [0.5, 0.6) is 0 Å². The zero-order chi connectivity index (χ0) is 14.9. The molecular weight excluding hydrogens is 301 g/mol. The first kappa shape index (κ1) is 14.9. The number of aromatic nitrogens is 1. The lowest BCUT2D eigenvalue weighted by atomic mass is 10.3. The van der Waals surface area contributed by atoms with Gasteiger partial charge in [0.15, 0.2) is 0 Å². The number of rotatable bonds is 4. The first-order chi connectivity index (χ1) is 9.31. The third kappa shape index (κ3) is 2.97. The number of hydrogen-bond acceptors (Lipinski definition) is 5. The lowest BCUT2D eigenvalue weighted by Gasteiger charge is -2.13. The Morgan fingerprint density at radius 2 is 2.15 bits per heavy atom. The summed E-state index contributed by atoms with van der Waals surface area (Å²) in [4.78, 5) is 3.95. The Bertz CT molecular complexity index is 728. The molecule has 3 N–H and O–H groups in total. The summed E-state index contributed by atoms with van der Waals surface area (Å²) in [5, 5.41) is 2.47. The van der Waals surface area contributed by atoms with Gasteiger partial charge in [-0.05, 0) is 26.0 Å². The average molecular weight is 315 g/mol. The monoisotopic (exact) mass is 315 g/mol. The van der Waals surface area contributed by atoms with E-state index in [4.69, 9.17) is 5.73 Å². The number of thiazole rings is 1. The standard InChI is InChI=1S/C12H14FN3O2S2/c1-7-6-19-12(15-7)8(2)16-20(17,18)10-5-3-4-9(13)11(10)14/h3-6,8,16H,14H2,1-2H3. The zero-order valence-electron chi connectivity index (χ0n) is 10.9. The van der Waals surface area contributed by atoms with Gasteiger partial charge in [-0.25, -0.2) is 22.5 Å². The second-order valence-corrected chi connectivity index (χ2v) is 6.89. The predicted octanol–water partition coefficient (Wildman–Crippen LogP) is 2.21. The van der Waals surface area contributed by atoms with E-state index in [0.29, 0.717) is 5.01 Å². The van der Waals surface area contributed by atoms with Gasteiger partial charge in [0, 0.05) is 11.1 Å². The Balaban J connectivity index is 2.30. The molecule has 8 heteroatoms. The Labute approximate surface area is 120 Å². The van der Waals surface area contributed by atoms with E-state index in [-0.39, 0.29) is 10.6 Å². The Hall–Kier alpha value is -1.51. The Kier molecular flexibility index (Phi) is 4.07. The van der Waals surface area contributed by atoms with Crippen molar-refractivity contribution in [3.05, 3.63) is 40.1 Å². The number of benzene rings is 1. The van der Waals surface area contributed by atoms with Crippen molar-refractivity contribution in [1.29, 1.82) is 0 Å². The molecule has 0 fully saturated rings. The summed E-state index contributed by atoms with van der Waals surface area (Å²) in [7, 11) is -3.90. The van der Waals surface area contributed by atoms with Gasteiger partial charge in [0.05, 0.1) is 11.7 Å². The summed E-state index contributed by atoms with van der Waals surface area (Å²) in [6, 6.07) is 3.17. The van der Waals surface area contributed by atoms with Gasteiger partial charge in [-0.15, -0.1) is 11.3 Å². The van der Waals surface area contributed by atoms with E-state index in [1.165, 1.54) is 23.5 Å². The quantitative estimate of drug-likeness (QED) is 0.847. The molecule has 0 aliphatic rings. The van der Waals surface area contributed by atoms with E-state index >= 15 is 0 Å². The number of halogens is 1. The van der Waals surface area contributed by atoms with Gasteiger partial charge in [-0.2, -0.15) is 0 Å². The van der Waals surface area contributed by atoms with Crippen LogP contribution in [-0.2, 0) is 10.0 Å². The molecule has 2 rings (SSSR count). The van der Waals surface area contributed by atoms with Crippen molar-refractivity contribution in [2.75, 3.05) is 5.73 Å². The molecule has 108 valence electrons. The Morgan fingerprint density at radius 3 is 2.75 bits per heavy atom. The van der Waals surface area contributed by atoms with E-state index in [9.17, 15) is 12.8 Å². The lowest BCUT2D eigenvalue weighted by Crippen LogP contribution is -2.27. The summed E-state index contributed by atoms with van der Waals surface area (Å²) >= 11 is 1.36. The van der Waals surface area contributed by atoms with Crippen molar-refractivity contribution in [3.8, 4) is 0 Å². The maximum Gasteiger partial charge on any atom is 0.243 e. The fourth-order valence-electron chi connectivity index (χ4n) is 1.67. The van der Waals surface area contributed by atoms with Crippen LogP contribution < -0.4 is 10.5 Å². The highest BCUT2D eigenvalue weighted by Crippen LogP contribution is 2.24. The van der Waals surface area contributed by atoms with Crippen LogP contribution in [0, 0.1) is 12.7 Å². The number of hydrogen-bond donors (Lipinski definition) is 2. The molecule has 1 heterocycles. The number of nitrogens with two attached hydrogens (primary N) is 1. The topological polar surface area (TPSA) is 85.1 Å². The van der Waals surface area contributed by atoms with E-state index in [0.717, 1.165) is 11.8 Å². The smallest absolute Gasteiger partial charge is 0.243 e. The highest BCUT2D eigenvalue weighted by Gasteiger charge is 2.23. The number of nitrogens with one attached hydrogen (secondary N) is 1. The molecule has 0 aliphatic carbocycles. The third-order valence-corrected chi connectivity index (χ3v) is 5.39. The molecule has 20 heavy (non-hydrogen) atoms. The SMILES string of the molecule is Cc1csc(C(C)NS(=O)(=O)c2cccc(F)c2N)n1. The van der Waals surface area contributed by atoms with Gasteiger partial charge in [0.1, 0.15) is 15.7 Å². The van der Waals surface area contributed by atoms with E-state index in [1.807, 2.05) is 12.3 Å². The van der Waals surface area contributed by atoms with Crippen LogP contribution in [0.25, 0.3) is 0 Å². The van der Waals surface area contributed by atoms with Crippen LogP contribution in [-0.4, -0.2) is 13.4 Å². The first-order valence-electron chi connectivity index (χ1n) is 5.79. The molecule has 1 aromatic heterocycles. The largest absolute Gasteiger partial charge is 0.395 e. The molecule has 1 atom stereocenters. The molecule has 1 aromatic carbocycles. The van der Waals surface area contributed by atoms with Gasteiger partial charge in [-0.3, -0.25) is 0 Å². The fraction of sp³-hybridized carbons (Fsp3) is 0.250. The van der Waals surface area contributed by atoms with E-state index in [1.54, 1.807) is 6.92 Å². The van der Waals surface area contributed by atoms with Crippen molar-refractivity contribution >= 4 is 27.0 Å². The molecule has 5 nitrogen and oxygen atoms in total. The fourth-order valence-corrected chi connectivity index (χ4v) is 3.90. The van der Waals surface area contributed by atoms with Crippen LogP contribution >= 0.6 is 11.3 Å². The van der Waals surface area contributed by atoms with Crippen LogP contribution in [0.1, 0.15) is 23.7 Å². The summed E-state index contributed by atoms with van der Waals surface area (Å²) < 4.78 is 40.2. The number of nitrogens with zero attached hydrogens (tertiary/aromatic N) is 1. The highest BCUT2D eigenvalue weighted by atomic mass is 32.2. The molecule has 0 radical (unpaired) electrons. The summed E-state index contributed by atoms with van der Waals surface area (Å²) in [5.41, 5.74) is 5.91. The van der Waals surface area contributed by atoms with Gasteiger partial charge in [-0.1, -0.05) is 6.07 Å². The normalized spacial score (nSPS) is 13.3. The van der Waals surface area contributed by atoms with Crippen molar-refractivity contribution in [2.45, 2.75) is 24.8 Å². The third-order valence-electron chi connectivity index (χ3n) is 2.64. The summed E-state index contributed by atoms with van der Waals surface area (Å²) in [6.45, 7) is 3.50.